The summed E-state index contributed by atoms with van der Waals surface area (Å²) in [6.07, 6.45) is 0.948. The van der Waals surface area contributed by atoms with Crippen LogP contribution in [0.2, 0.25) is 0 Å². The third-order valence-corrected chi connectivity index (χ3v) is 5.37. The van der Waals surface area contributed by atoms with Crippen molar-refractivity contribution >= 4 is 16.2 Å². The Bertz CT molecular complexity index is 573. The second-order valence-electron chi connectivity index (χ2n) is 4.86. The van der Waals surface area contributed by atoms with Crippen LogP contribution in [0.15, 0.2) is 30.3 Å². The Hall–Kier alpha value is -1.44. The summed E-state index contributed by atoms with van der Waals surface area (Å²) in [4.78, 5) is 11.1. The van der Waals surface area contributed by atoms with E-state index >= 15 is 0 Å². The quantitative estimate of drug-likeness (QED) is 0.876. The fourth-order valence-electron chi connectivity index (χ4n) is 2.36. The van der Waals surface area contributed by atoms with E-state index in [1.807, 2.05) is 30.3 Å². The van der Waals surface area contributed by atoms with Gasteiger partial charge in [-0.25, -0.2) is 0 Å². The molecule has 1 aliphatic heterocycles. The molecule has 110 valence electrons. The molecule has 1 saturated heterocycles. The Balaban J connectivity index is 2.15. The zero-order valence-electron chi connectivity index (χ0n) is 11.3. The highest BCUT2D eigenvalue weighted by molar-refractivity contribution is 7.86. The highest BCUT2D eigenvalue weighted by Gasteiger charge is 2.40. The molecule has 1 atom stereocenters. The Labute approximate surface area is 118 Å². The van der Waals surface area contributed by atoms with E-state index in [4.69, 9.17) is 5.11 Å². The summed E-state index contributed by atoms with van der Waals surface area (Å²) >= 11 is 0. The van der Waals surface area contributed by atoms with Gasteiger partial charge in [-0.05, 0) is 18.4 Å². The van der Waals surface area contributed by atoms with Crippen molar-refractivity contribution in [2.75, 3.05) is 13.6 Å². The molecule has 1 aromatic rings. The lowest BCUT2D eigenvalue weighted by atomic mass is 10.2. The summed E-state index contributed by atoms with van der Waals surface area (Å²) in [5, 5.41) is 9.09. The normalized spacial score (nSPS) is 20.4. The van der Waals surface area contributed by atoms with Gasteiger partial charge in [0.25, 0.3) is 10.2 Å². The minimum absolute atomic E-state index is 0.228. The van der Waals surface area contributed by atoms with Crippen LogP contribution in [0.5, 0.6) is 0 Å². The Morgan fingerprint density at radius 2 is 2.05 bits per heavy atom. The molecule has 7 heteroatoms. The molecule has 0 saturated carbocycles. The lowest BCUT2D eigenvalue weighted by Crippen LogP contribution is -2.46. The molecule has 20 heavy (non-hydrogen) atoms. The highest BCUT2D eigenvalue weighted by Crippen LogP contribution is 2.23. The van der Waals surface area contributed by atoms with Gasteiger partial charge in [-0.15, -0.1) is 0 Å². The van der Waals surface area contributed by atoms with Crippen molar-refractivity contribution in [2.24, 2.45) is 0 Å². The zero-order chi connectivity index (χ0) is 14.8. The molecule has 1 aromatic carbocycles. The number of hydrogen-bond acceptors (Lipinski definition) is 3. The van der Waals surface area contributed by atoms with Crippen molar-refractivity contribution in [2.45, 2.75) is 25.4 Å². The van der Waals surface area contributed by atoms with Gasteiger partial charge >= 0.3 is 5.97 Å². The molecule has 1 N–H and O–H groups in total. The predicted molar refractivity (Wildman–Crippen MR) is 74.2 cm³/mol. The predicted octanol–water partition coefficient (Wildman–Crippen LogP) is 0.912. The molecular formula is C13H18N2O4S. The summed E-state index contributed by atoms with van der Waals surface area (Å²) in [5.41, 5.74) is 0.865. The fourth-order valence-corrected chi connectivity index (χ4v) is 3.91. The van der Waals surface area contributed by atoms with Gasteiger partial charge in [-0.3, -0.25) is 4.79 Å². The molecule has 0 spiro atoms. The van der Waals surface area contributed by atoms with E-state index in [1.165, 1.54) is 11.4 Å². The minimum atomic E-state index is -3.75. The van der Waals surface area contributed by atoms with Crippen molar-refractivity contribution in [3.63, 3.8) is 0 Å². The van der Waals surface area contributed by atoms with E-state index in [1.54, 1.807) is 0 Å². The molecule has 1 heterocycles. The third kappa shape index (κ3) is 3.00. The lowest BCUT2D eigenvalue weighted by molar-refractivity contribution is -0.140. The molecule has 2 rings (SSSR count). The first kappa shape index (κ1) is 15.0. The zero-order valence-corrected chi connectivity index (χ0v) is 12.1. The summed E-state index contributed by atoms with van der Waals surface area (Å²) in [7, 11) is -2.27. The first-order valence-electron chi connectivity index (χ1n) is 6.43. The van der Waals surface area contributed by atoms with Crippen molar-refractivity contribution in [3.05, 3.63) is 35.9 Å². The van der Waals surface area contributed by atoms with E-state index in [0.717, 1.165) is 9.87 Å². The second-order valence-corrected chi connectivity index (χ2v) is 6.84. The van der Waals surface area contributed by atoms with E-state index in [2.05, 4.69) is 0 Å². The smallest absolute Gasteiger partial charge is 0.322 e. The monoisotopic (exact) mass is 298 g/mol. The largest absolute Gasteiger partial charge is 0.480 e. The lowest BCUT2D eigenvalue weighted by Gasteiger charge is -2.26. The molecule has 1 aliphatic rings. The third-order valence-electron chi connectivity index (χ3n) is 3.43. The Morgan fingerprint density at radius 1 is 1.40 bits per heavy atom. The van der Waals surface area contributed by atoms with Gasteiger partial charge in [0.1, 0.15) is 6.04 Å². The Kier molecular flexibility index (Phi) is 4.42. The number of carbonyl (C=O) groups is 1. The number of hydrogen-bond donors (Lipinski definition) is 1. The van der Waals surface area contributed by atoms with Crippen molar-refractivity contribution in [3.8, 4) is 0 Å². The number of rotatable bonds is 5. The number of aliphatic carboxylic acids is 1. The van der Waals surface area contributed by atoms with Gasteiger partial charge in [0.15, 0.2) is 0 Å². The van der Waals surface area contributed by atoms with Crippen molar-refractivity contribution in [1.82, 2.24) is 8.61 Å². The molecule has 1 fully saturated rings. The van der Waals surface area contributed by atoms with Crippen LogP contribution in [0.4, 0.5) is 0 Å². The van der Waals surface area contributed by atoms with Crippen LogP contribution in [0.3, 0.4) is 0 Å². The molecule has 0 aromatic heterocycles. The first-order valence-corrected chi connectivity index (χ1v) is 7.82. The maximum Gasteiger partial charge on any atom is 0.322 e. The topological polar surface area (TPSA) is 77.9 Å². The van der Waals surface area contributed by atoms with E-state index in [-0.39, 0.29) is 13.1 Å². The van der Waals surface area contributed by atoms with Gasteiger partial charge < -0.3 is 5.11 Å². The summed E-state index contributed by atoms with van der Waals surface area (Å²) in [5.74, 6) is -1.08. The van der Waals surface area contributed by atoms with Crippen LogP contribution in [0.25, 0.3) is 0 Å². The molecule has 0 amide bonds. The molecular weight excluding hydrogens is 280 g/mol. The van der Waals surface area contributed by atoms with Gasteiger partial charge in [0, 0.05) is 20.1 Å². The first-order chi connectivity index (χ1) is 9.43. The Morgan fingerprint density at radius 3 is 2.65 bits per heavy atom. The number of benzene rings is 1. The summed E-state index contributed by atoms with van der Waals surface area (Å²) < 4.78 is 27.2. The highest BCUT2D eigenvalue weighted by atomic mass is 32.2. The standard InChI is InChI=1S/C13H18N2O4S/c1-14(10-11-6-3-2-4-7-11)20(18,19)15-9-5-8-12(15)13(16)17/h2-4,6-7,12H,5,8-10H2,1H3,(H,16,17)/t12-/m0/s1. The van der Waals surface area contributed by atoms with Crippen LogP contribution < -0.4 is 0 Å². The summed E-state index contributed by atoms with van der Waals surface area (Å²) in [6.45, 7) is 0.491. The SMILES string of the molecule is CN(Cc1ccccc1)S(=O)(=O)N1CCC[C@H]1C(=O)O. The van der Waals surface area contributed by atoms with Crippen molar-refractivity contribution in [1.29, 1.82) is 0 Å². The van der Waals surface area contributed by atoms with Crippen LogP contribution in [0, 0.1) is 0 Å². The van der Waals surface area contributed by atoms with E-state index < -0.39 is 22.2 Å². The van der Waals surface area contributed by atoms with Gasteiger partial charge in [-0.1, -0.05) is 30.3 Å². The average Bonchev–Trinajstić information content (AvgIpc) is 2.89. The van der Waals surface area contributed by atoms with Crippen LogP contribution in [-0.2, 0) is 21.5 Å². The number of carboxylic acid groups (broad SMARTS) is 1. The fraction of sp³-hybridized carbons (Fsp3) is 0.462. The second kappa shape index (κ2) is 5.90. The number of carboxylic acids is 1. The number of nitrogens with zero attached hydrogens (tertiary/aromatic N) is 2. The minimum Gasteiger partial charge on any atom is -0.480 e. The van der Waals surface area contributed by atoms with Crippen molar-refractivity contribution < 1.29 is 18.3 Å². The van der Waals surface area contributed by atoms with Gasteiger partial charge in [-0.2, -0.15) is 17.0 Å². The molecule has 0 bridgehead atoms. The van der Waals surface area contributed by atoms with E-state index in [9.17, 15) is 13.2 Å². The van der Waals surface area contributed by atoms with Gasteiger partial charge in [0.2, 0.25) is 0 Å². The molecule has 0 unspecified atom stereocenters. The maximum absolute atomic E-state index is 12.4. The molecule has 0 radical (unpaired) electrons. The van der Waals surface area contributed by atoms with Crippen LogP contribution >= 0.6 is 0 Å². The maximum atomic E-state index is 12.4. The molecule has 6 nitrogen and oxygen atoms in total. The van der Waals surface area contributed by atoms with Crippen LogP contribution in [-0.4, -0.2) is 47.7 Å². The summed E-state index contributed by atoms with van der Waals surface area (Å²) in [6, 6.07) is 8.27. The average molecular weight is 298 g/mol. The molecule has 0 aliphatic carbocycles. The van der Waals surface area contributed by atoms with Crippen LogP contribution in [0.1, 0.15) is 18.4 Å². The van der Waals surface area contributed by atoms with Gasteiger partial charge in [0.05, 0.1) is 0 Å². The van der Waals surface area contributed by atoms with E-state index in [0.29, 0.717) is 12.8 Å².